The molecule has 9 nitrogen and oxygen atoms in total. The van der Waals surface area contributed by atoms with E-state index < -0.39 is 52.8 Å². The first-order chi connectivity index (χ1) is 21.0. The summed E-state index contributed by atoms with van der Waals surface area (Å²) in [7, 11) is 0. The molecule has 236 valence electrons. The molecule has 2 aromatic carbocycles. The van der Waals surface area contributed by atoms with E-state index in [2.05, 4.69) is 10.6 Å². The molecule has 1 fully saturated rings. The maximum atomic E-state index is 13.4. The molecule has 9 heteroatoms. The average Bonchev–Trinajstić information content (AvgIpc) is 3.49. The molecule has 2 amide bonds. The molecule has 1 saturated carbocycles. The normalized spacial score (nSPS) is 16.6. The van der Waals surface area contributed by atoms with Crippen LogP contribution in [0.5, 0.6) is 0 Å². The summed E-state index contributed by atoms with van der Waals surface area (Å²) in [5, 5.41) is 15.0. The number of Topliss-reactive ketones (excluding diaryl/α,β-unsaturated/α-hetero) is 3. The highest BCUT2D eigenvalue weighted by atomic mass is 16.4. The number of carboxylic acid groups (broad SMARTS) is 1. The maximum absolute atomic E-state index is 13.4. The second kappa shape index (κ2) is 16.1. The third-order valence-electron chi connectivity index (χ3n) is 8.76. The van der Waals surface area contributed by atoms with Crippen molar-refractivity contribution in [2.75, 3.05) is 0 Å². The summed E-state index contributed by atoms with van der Waals surface area (Å²) in [6, 6.07) is 16.2. The molecular formula is C35H44N2O7. The summed E-state index contributed by atoms with van der Waals surface area (Å²) in [5.41, 5.74) is 0.544. The molecule has 0 bridgehead atoms. The van der Waals surface area contributed by atoms with Gasteiger partial charge in [0.15, 0.2) is 5.78 Å². The zero-order valence-electron chi connectivity index (χ0n) is 25.8. The van der Waals surface area contributed by atoms with E-state index in [0.29, 0.717) is 19.3 Å². The molecule has 0 aliphatic heterocycles. The Morgan fingerprint density at radius 1 is 0.841 bits per heavy atom. The number of hydrogen-bond donors (Lipinski definition) is 3. The summed E-state index contributed by atoms with van der Waals surface area (Å²) in [5.74, 6) is -5.13. The topological polar surface area (TPSA) is 147 Å². The number of carboxylic acids is 1. The first kappa shape index (κ1) is 34.4. The van der Waals surface area contributed by atoms with Crippen molar-refractivity contribution in [2.45, 2.75) is 90.6 Å². The van der Waals surface area contributed by atoms with Crippen LogP contribution < -0.4 is 10.6 Å². The van der Waals surface area contributed by atoms with Gasteiger partial charge in [-0.2, -0.15) is 0 Å². The Morgan fingerprint density at radius 3 is 1.95 bits per heavy atom. The maximum Gasteiger partial charge on any atom is 0.310 e. The highest BCUT2D eigenvalue weighted by Gasteiger charge is 2.45. The number of ketones is 3. The Morgan fingerprint density at radius 2 is 1.41 bits per heavy atom. The molecule has 3 N–H and O–H groups in total. The molecule has 1 aliphatic carbocycles. The van der Waals surface area contributed by atoms with Gasteiger partial charge in [-0.15, -0.1) is 0 Å². The van der Waals surface area contributed by atoms with Gasteiger partial charge in [0, 0.05) is 25.2 Å². The van der Waals surface area contributed by atoms with Crippen LogP contribution in [-0.4, -0.2) is 52.3 Å². The lowest BCUT2D eigenvalue weighted by Crippen LogP contribution is -2.53. The van der Waals surface area contributed by atoms with Crippen molar-refractivity contribution in [1.29, 1.82) is 0 Å². The standard InChI is InChI=1S/C35H44N2O7/c1-4-23(2)30(29(39)22-35(34(43)44)17-11-12-18-35)37-33(42)31(40)24(3)36-32(41)27(19-25-13-7-5-8-14-25)21-28(38)20-26-15-9-6-10-16-26/h5-10,13-16,23-24,27,30H,4,11-12,17-22H2,1-3H3,(H,36,41)(H,37,42)(H,43,44)/t23-,24?,27+,30?/m0/s1. The molecule has 0 heterocycles. The minimum absolute atomic E-state index is 0.0430. The fraction of sp³-hybridized carbons (Fsp3) is 0.486. The number of carbonyl (C=O) groups excluding carboxylic acids is 5. The quantitative estimate of drug-likeness (QED) is 0.229. The molecule has 2 unspecified atom stereocenters. The van der Waals surface area contributed by atoms with E-state index >= 15 is 0 Å². The number of carbonyl (C=O) groups is 6. The Kier molecular flexibility index (Phi) is 12.6. The van der Waals surface area contributed by atoms with Crippen molar-refractivity contribution in [3.05, 3.63) is 71.8 Å². The fourth-order valence-corrected chi connectivity index (χ4v) is 5.87. The monoisotopic (exact) mass is 604 g/mol. The SMILES string of the molecule is CC[C@H](C)C(NC(=O)C(=O)C(C)NC(=O)[C@@H](CC(=O)Cc1ccccc1)Cc1ccccc1)C(=O)CC1(C(=O)O)CCCC1. The van der Waals surface area contributed by atoms with Crippen molar-refractivity contribution in [1.82, 2.24) is 10.6 Å². The predicted molar refractivity (Wildman–Crippen MR) is 166 cm³/mol. The minimum Gasteiger partial charge on any atom is -0.481 e. The van der Waals surface area contributed by atoms with Crippen LogP contribution in [0.25, 0.3) is 0 Å². The van der Waals surface area contributed by atoms with E-state index in [4.69, 9.17) is 0 Å². The molecule has 0 radical (unpaired) electrons. The van der Waals surface area contributed by atoms with Gasteiger partial charge in [0.1, 0.15) is 5.78 Å². The van der Waals surface area contributed by atoms with Crippen molar-refractivity contribution in [3.8, 4) is 0 Å². The van der Waals surface area contributed by atoms with Gasteiger partial charge >= 0.3 is 5.97 Å². The highest BCUT2D eigenvalue weighted by molar-refractivity contribution is 6.38. The number of hydrogen-bond acceptors (Lipinski definition) is 6. The Hall–Kier alpha value is -4.14. The summed E-state index contributed by atoms with van der Waals surface area (Å²) in [4.78, 5) is 77.8. The van der Waals surface area contributed by atoms with Gasteiger partial charge in [-0.05, 0) is 43.2 Å². The van der Waals surface area contributed by atoms with Crippen LogP contribution in [0.15, 0.2) is 60.7 Å². The van der Waals surface area contributed by atoms with Crippen molar-refractivity contribution in [3.63, 3.8) is 0 Å². The smallest absolute Gasteiger partial charge is 0.310 e. The highest BCUT2D eigenvalue weighted by Crippen LogP contribution is 2.42. The van der Waals surface area contributed by atoms with E-state index in [1.54, 1.807) is 6.92 Å². The van der Waals surface area contributed by atoms with Crippen LogP contribution in [0.3, 0.4) is 0 Å². The van der Waals surface area contributed by atoms with E-state index in [0.717, 1.165) is 24.0 Å². The zero-order valence-corrected chi connectivity index (χ0v) is 25.8. The third kappa shape index (κ3) is 9.43. The van der Waals surface area contributed by atoms with Gasteiger partial charge in [0.2, 0.25) is 11.7 Å². The van der Waals surface area contributed by atoms with Crippen molar-refractivity contribution in [2.24, 2.45) is 17.3 Å². The van der Waals surface area contributed by atoms with Crippen LogP contribution in [0.1, 0.15) is 76.8 Å². The van der Waals surface area contributed by atoms with E-state index in [1.165, 1.54) is 6.92 Å². The van der Waals surface area contributed by atoms with Crippen LogP contribution in [0, 0.1) is 17.3 Å². The number of benzene rings is 2. The van der Waals surface area contributed by atoms with Crippen LogP contribution in [-0.2, 0) is 41.6 Å². The molecule has 44 heavy (non-hydrogen) atoms. The Labute approximate surface area is 259 Å². The van der Waals surface area contributed by atoms with Crippen molar-refractivity contribution < 1.29 is 33.9 Å². The molecule has 4 atom stereocenters. The number of rotatable bonds is 17. The van der Waals surface area contributed by atoms with Crippen LogP contribution in [0.2, 0.25) is 0 Å². The fourth-order valence-electron chi connectivity index (χ4n) is 5.87. The van der Waals surface area contributed by atoms with Gasteiger partial charge in [-0.3, -0.25) is 28.8 Å². The van der Waals surface area contributed by atoms with E-state index in [1.807, 2.05) is 67.6 Å². The first-order valence-electron chi connectivity index (χ1n) is 15.5. The lowest BCUT2D eigenvalue weighted by molar-refractivity contribution is -0.151. The molecule has 0 aromatic heterocycles. The number of nitrogens with one attached hydrogen (secondary N) is 2. The van der Waals surface area contributed by atoms with Gasteiger partial charge in [-0.1, -0.05) is 93.8 Å². The van der Waals surface area contributed by atoms with E-state index in [9.17, 15) is 33.9 Å². The molecule has 0 spiro atoms. The predicted octanol–water partition coefficient (Wildman–Crippen LogP) is 4.26. The third-order valence-corrected chi connectivity index (χ3v) is 8.76. The zero-order chi connectivity index (χ0) is 32.3. The minimum atomic E-state index is -1.21. The summed E-state index contributed by atoms with van der Waals surface area (Å²) < 4.78 is 0. The van der Waals surface area contributed by atoms with Gasteiger partial charge in [0.05, 0.1) is 17.5 Å². The molecular weight excluding hydrogens is 560 g/mol. The second-order valence-corrected chi connectivity index (χ2v) is 12.2. The Bertz CT molecular complexity index is 1320. The number of aliphatic carboxylic acids is 1. The summed E-state index contributed by atoms with van der Waals surface area (Å²) in [6.07, 6.45) is 2.95. The van der Waals surface area contributed by atoms with Crippen molar-refractivity contribution >= 4 is 35.1 Å². The molecule has 2 aromatic rings. The number of amides is 2. The van der Waals surface area contributed by atoms with Crippen LogP contribution >= 0.6 is 0 Å². The second-order valence-electron chi connectivity index (χ2n) is 12.2. The summed E-state index contributed by atoms with van der Waals surface area (Å²) >= 11 is 0. The summed E-state index contributed by atoms with van der Waals surface area (Å²) in [6.45, 7) is 5.00. The molecule has 1 aliphatic rings. The largest absolute Gasteiger partial charge is 0.481 e. The van der Waals surface area contributed by atoms with Gasteiger partial charge < -0.3 is 15.7 Å². The molecule has 3 rings (SSSR count). The lowest BCUT2D eigenvalue weighted by atomic mass is 9.78. The average molecular weight is 605 g/mol. The van der Waals surface area contributed by atoms with E-state index in [-0.39, 0.29) is 37.4 Å². The first-order valence-corrected chi connectivity index (χ1v) is 15.5. The Balaban J connectivity index is 1.68. The van der Waals surface area contributed by atoms with Gasteiger partial charge in [-0.25, -0.2) is 0 Å². The molecule has 0 saturated heterocycles. The van der Waals surface area contributed by atoms with Crippen LogP contribution in [0.4, 0.5) is 0 Å². The lowest BCUT2D eigenvalue weighted by Gasteiger charge is -2.28. The van der Waals surface area contributed by atoms with Gasteiger partial charge in [0.25, 0.3) is 5.91 Å².